The highest BCUT2D eigenvalue weighted by atomic mass is 35.5. The van der Waals surface area contributed by atoms with Crippen LogP contribution < -0.4 is 10.1 Å². The highest BCUT2D eigenvalue weighted by Gasteiger charge is 2.14. The number of benzene rings is 4. The number of rotatable bonds is 6. The van der Waals surface area contributed by atoms with Gasteiger partial charge in [0, 0.05) is 21.8 Å². The molecule has 4 nitrogen and oxygen atoms in total. The van der Waals surface area contributed by atoms with Crippen molar-refractivity contribution in [3.63, 3.8) is 0 Å². The van der Waals surface area contributed by atoms with Crippen LogP contribution in [0.25, 0.3) is 16.8 Å². The van der Waals surface area contributed by atoms with Crippen molar-refractivity contribution in [2.75, 3.05) is 5.32 Å². The third-order valence-electron chi connectivity index (χ3n) is 5.01. The van der Waals surface area contributed by atoms with Crippen molar-refractivity contribution in [2.24, 2.45) is 0 Å². The Morgan fingerprint density at radius 3 is 2.61 bits per heavy atom. The van der Waals surface area contributed by atoms with Gasteiger partial charge in [-0.05, 0) is 47.2 Å². The molecule has 0 saturated heterocycles. The maximum absolute atomic E-state index is 14.1. The lowest BCUT2D eigenvalue weighted by Gasteiger charge is -2.13. The number of fused-ring (bicyclic) bond motifs is 1. The lowest BCUT2D eigenvalue weighted by atomic mass is 10.0. The molecule has 162 valence electrons. The third kappa shape index (κ3) is 5.20. The Morgan fingerprint density at radius 1 is 1.03 bits per heavy atom. The minimum Gasteiger partial charge on any atom is -0.488 e. The summed E-state index contributed by atoms with van der Waals surface area (Å²) in [7, 11) is 0. The van der Waals surface area contributed by atoms with Gasteiger partial charge in [0.1, 0.15) is 29.8 Å². The Hall–Kier alpha value is -4.14. The zero-order valence-corrected chi connectivity index (χ0v) is 18.1. The first-order valence-corrected chi connectivity index (χ1v) is 10.5. The zero-order chi connectivity index (χ0) is 23.2. The van der Waals surface area contributed by atoms with Gasteiger partial charge in [0.25, 0.3) is 5.91 Å². The molecule has 0 aliphatic heterocycles. The molecule has 4 aromatic rings. The zero-order valence-electron chi connectivity index (χ0n) is 17.4. The summed E-state index contributed by atoms with van der Waals surface area (Å²) in [5.74, 6) is -0.512. The summed E-state index contributed by atoms with van der Waals surface area (Å²) in [5, 5.41) is 14.6. The van der Waals surface area contributed by atoms with Gasteiger partial charge in [-0.25, -0.2) is 4.39 Å². The van der Waals surface area contributed by atoms with Crippen LogP contribution in [0, 0.1) is 17.1 Å². The van der Waals surface area contributed by atoms with Gasteiger partial charge < -0.3 is 10.1 Å². The maximum atomic E-state index is 14.1. The van der Waals surface area contributed by atoms with E-state index in [1.165, 1.54) is 12.1 Å². The first-order chi connectivity index (χ1) is 16.0. The molecule has 0 fully saturated rings. The van der Waals surface area contributed by atoms with E-state index in [0.717, 1.165) is 10.8 Å². The summed E-state index contributed by atoms with van der Waals surface area (Å²) in [6.07, 6.45) is 1.49. The number of nitriles is 1. The molecule has 6 heteroatoms. The van der Waals surface area contributed by atoms with E-state index in [1.807, 2.05) is 36.4 Å². The lowest BCUT2D eigenvalue weighted by Crippen LogP contribution is -2.13. The maximum Gasteiger partial charge on any atom is 0.266 e. The number of carbonyl (C=O) groups excluding carboxylic acids is 1. The number of hydrogen-bond donors (Lipinski definition) is 1. The van der Waals surface area contributed by atoms with Crippen LogP contribution in [0.1, 0.15) is 11.1 Å². The number of ether oxygens (including phenoxy) is 1. The highest BCUT2D eigenvalue weighted by Crippen LogP contribution is 2.31. The number of carbonyl (C=O) groups is 1. The van der Waals surface area contributed by atoms with Crippen molar-refractivity contribution >= 4 is 40.0 Å². The van der Waals surface area contributed by atoms with Crippen LogP contribution in [-0.2, 0) is 11.4 Å². The van der Waals surface area contributed by atoms with E-state index in [-0.39, 0.29) is 18.0 Å². The topological polar surface area (TPSA) is 62.1 Å². The van der Waals surface area contributed by atoms with Crippen LogP contribution in [0.15, 0.2) is 90.5 Å². The standard InChI is InChI=1S/C27H18ClFN2O2/c28-21-8-5-9-22(15-21)31-27(32)20(16-30)14-24-23-10-3-1-6-18(23)12-13-26(24)33-17-19-7-2-4-11-25(19)29/h1-15H,17H2,(H,31,32)/b20-14+. The van der Waals surface area contributed by atoms with Gasteiger partial charge in [0.15, 0.2) is 0 Å². The molecule has 33 heavy (non-hydrogen) atoms. The van der Waals surface area contributed by atoms with Gasteiger partial charge in [0.2, 0.25) is 0 Å². The molecule has 4 rings (SSSR count). The van der Waals surface area contributed by atoms with Gasteiger partial charge in [-0.3, -0.25) is 4.79 Å². The van der Waals surface area contributed by atoms with Crippen LogP contribution in [0.4, 0.5) is 10.1 Å². The van der Waals surface area contributed by atoms with Crippen LogP contribution in [0.3, 0.4) is 0 Å². The van der Waals surface area contributed by atoms with E-state index < -0.39 is 5.91 Å². The summed E-state index contributed by atoms with van der Waals surface area (Å²) in [5.41, 5.74) is 1.33. The van der Waals surface area contributed by atoms with E-state index in [9.17, 15) is 14.4 Å². The molecule has 0 spiro atoms. The fourth-order valence-electron chi connectivity index (χ4n) is 3.38. The molecule has 1 amide bonds. The Labute approximate surface area is 195 Å². The van der Waals surface area contributed by atoms with Crippen LogP contribution in [0.5, 0.6) is 5.75 Å². The van der Waals surface area contributed by atoms with Gasteiger partial charge in [-0.1, -0.05) is 66.2 Å². The Balaban J connectivity index is 1.71. The predicted molar refractivity (Wildman–Crippen MR) is 128 cm³/mol. The number of nitrogens with one attached hydrogen (secondary N) is 1. The van der Waals surface area contributed by atoms with E-state index >= 15 is 0 Å². The second-order valence-corrected chi connectivity index (χ2v) is 7.65. The van der Waals surface area contributed by atoms with E-state index in [0.29, 0.717) is 27.6 Å². The molecule has 0 saturated carbocycles. The molecule has 0 aliphatic rings. The molecule has 0 unspecified atom stereocenters. The smallest absolute Gasteiger partial charge is 0.266 e. The van der Waals surface area contributed by atoms with Crippen molar-refractivity contribution in [1.82, 2.24) is 0 Å². The number of anilines is 1. The molecule has 0 aliphatic carbocycles. The third-order valence-corrected chi connectivity index (χ3v) is 5.24. The summed E-state index contributed by atoms with van der Waals surface area (Å²) in [6, 6.07) is 26.2. The van der Waals surface area contributed by atoms with Gasteiger partial charge >= 0.3 is 0 Å². The summed E-state index contributed by atoms with van der Waals surface area (Å²) >= 11 is 5.98. The fourth-order valence-corrected chi connectivity index (χ4v) is 3.57. The van der Waals surface area contributed by atoms with E-state index in [4.69, 9.17) is 16.3 Å². The molecule has 0 aromatic heterocycles. The summed E-state index contributed by atoms with van der Waals surface area (Å²) in [6.45, 7) is 0.00243. The Kier molecular flexibility index (Phi) is 6.68. The molecule has 0 heterocycles. The van der Waals surface area contributed by atoms with Gasteiger partial charge in [0.05, 0.1) is 0 Å². The number of halogens is 2. The quantitative estimate of drug-likeness (QED) is 0.257. The van der Waals surface area contributed by atoms with Crippen molar-refractivity contribution < 1.29 is 13.9 Å². The highest BCUT2D eigenvalue weighted by molar-refractivity contribution is 6.31. The average Bonchev–Trinajstić information content (AvgIpc) is 2.82. The summed E-state index contributed by atoms with van der Waals surface area (Å²) < 4.78 is 20.0. The second kappa shape index (κ2) is 9.99. The summed E-state index contributed by atoms with van der Waals surface area (Å²) in [4.78, 5) is 12.8. The average molecular weight is 457 g/mol. The first-order valence-electron chi connectivity index (χ1n) is 10.1. The van der Waals surface area contributed by atoms with Gasteiger partial charge in [-0.15, -0.1) is 0 Å². The molecular weight excluding hydrogens is 439 g/mol. The monoisotopic (exact) mass is 456 g/mol. The van der Waals surface area contributed by atoms with Gasteiger partial charge in [-0.2, -0.15) is 5.26 Å². The lowest BCUT2D eigenvalue weighted by molar-refractivity contribution is -0.112. The normalized spacial score (nSPS) is 11.1. The van der Waals surface area contributed by atoms with E-state index in [2.05, 4.69) is 5.32 Å². The molecule has 0 atom stereocenters. The number of nitrogens with zero attached hydrogens (tertiary/aromatic N) is 1. The number of amides is 1. The van der Waals surface area contributed by atoms with Crippen molar-refractivity contribution in [3.05, 3.63) is 112 Å². The number of hydrogen-bond acceptors (Lipinski definition) is 3. The Bertz CT molecular complexity index is 1410. The second-order valence-electron chi connectivity index (χ2n) is 7.21. The molecule has 1 N–H and O–H groups in total. The van der Waals surface area contributed by atoms with Crippen LogP contribution in [-0.4, -0.2) is 5.91 Å². The largest absolute Gasteiger partial charge is 0.488 e. The molecule has 0 bridgehead atoms. The molecule has 4 aromatic carbocycles. The van der Waals surface area contributed by atoms with Crippen molar-refractivity contribution in [1.29, 1.82) is 5.26 Å². The minimum absolute atomic E-state index is 0.00243. The first kappa shape index (κ1) is 22.1. The predicted octanol–water partition coefficient (Wildman–Crippen LogP) is 6.76. The molecular formula is C27H18ClFN2O2. The Morgan fingerprint density at radius 2 is 1.82 bits per heavy atom. The minimum atomic E-state index is -0.576. The van der Waals surface area contributed by atoms with Crippen LogP contribution >= 0.6 is 11.6 Å². The van der Waals surface area contributed by atoms with Crippen molar-refractivity contribution in [3.8, 4) is 11.8 Å². The van der Waals surface area contributed by atoms with Crippen molar-refractivity contribution in [2.45, 2.75) is 6.61 Å². The van der Waals surface area contributed by atoms with E-state index in [1.54, 1.807) is 48.5 Å². The SMILES string of the molecule is N#C/C(=C\c1c(OCc2ccccc2F)ccc2ccccc12)C(=O)Nc1cccc(Cl)c1. The fraction of sp³-hybridized carbons (Fsp3) is 0.0370. The van der Waals surface area contributed by atoms with Crippen LogP contribution in [0.2, 0.25) is 5.02 Å². The molecule has 0 radical (unpaired) electrons.